The maximum Gasteiger partial charge on any atom is 0.206 e. The first-order valence-electron chi connectivity index (χ1n) is 4.75. The van der Waals surface area contributed by atoms with Crippen LogP contribution >= 0.6 is 22.9 Å². The summed E-state index contributed by atoms with van der Waals surface area (Å²) in [4.78, 5) is 5.40. The average molecular weight is 247 g/mol. The van der Waals surface area contributed by atoms with E-state index in [9.17, 15) is 0 Å². The summed E-state index contributed by atoms with van der Waals surface area (Å²) < 4.78 is 0.781. The van der Waals surface area contributed by atoms with E-state index in [1.54, 1.807) is 0 Å². The van der Waals surface area contributed by atoms with Crippen molar-refractivity contribution in [3.63, 3.8) is 0 Å². The maximum atomic E-state index is 5.81. The summed E-state index contributed by atoms with van der Waals surface area (Å²) in [5.41, 5.74) is 2.52. The number of thiophene rings is 1. The first kappa shape index (κ1) is 12.3. The van der Waals surface area contributed by atoms with Gasteiger partial charge in [-0.1, -0.05) is 18.5 Å². The molecule has 0 aliphatic rings. The number of aliphatic imine (C=N–C) groups is 1. The molecule has 0 radical (unpaired) electrons. The molecule has 0 spiro atoms. The van der Waals surface area contributed by atoms with Crippen LogP contribution in [0, 0.1) is 0 Å². The Kier molecular flexibility index (Phi) is 5.45. The van der Waals surface area contributed by atoms with Crippen LogP contribution in [0.1, 0.15) is 18.2 Å². The van der Waals surface area contributed by atoms with Gasteiger partial charge in [-0.3, -0.25) is 5.43 Å². The lowest BCUT2D eigenvalue weighted by atomic mass is 10.5. The molecule has 0 aromatic carbocycles. The summed E-state index contributed by atoms with van der Waals surface area (Å²) in [5.74, 6) is 5.93. The van der Waals surface area contributed by atoms with Crippen molar-refractivity contribution in [1.82, 2.24) is 10.7 Å². The summed E-state index contributed by atoms with van der Waals surface area (Å²) >= 11 is 7.33. The lowest BCUT2D eigenvalue weighted by Crippen LogP contribution is -2.41. The summed E-state index contributed by atoms with van der Waals surface area (Å²) in [5, 5.41) is 3.08. The molecule has 1 rings (SSSR count). The van der Waals surface area contributed by atoms with Crippen LogP contribution in [0.25, 0.3) is 0 Å². The average Bonchev–Trinajstić information content (AvgIpc) is 2.65. The van der Waals surface area contributed by atoms with Crippen molar-refractivity contribution >= 4 is 28.9 Å². The number of guanidine groups is 1. The highest BCUT2D eigenvalue weighted by Crippen LogP contribution is 2.21. The fourth-order valence-corrected chi connectivity index (χ4v) is 2.00. The van der Waals surface area contributed by atoms with Crippen molar-refractivity contribution in [3.05, 3.63) is 21.3 Å². The minimum atomic E-state index is 0.591. The van der Waals surface area contributed by atoms with Gasteiger partial charge >= 0.3 is 0 Å². The SMILES string of the molecule is CCCNC(=NCc1ccc(Cl)s1)NN. The third-order valence-electron chi connectivity index (χ3n) is 1.70. The van der Waals surface area contributed by atoms with E-state index in [0.29, 0.717) is 12.5 Å². The number of hydrogen-bond donors (Lipinski definition) is 3. The van der Waals surface area contributed by atoms with Gasteiger partial charge in [-0.2, -0.15) is 0 Å². The number of rotatable bonds is 4. The van der Waals surface area contributed by atoms with Crippen LogP contribution in [0.2, 0.25) is 4.34 Å². The molecule has 0 aliphatic heterocycles. The summed E-state index contributed by atoms with van der Waals surface area (Å²) in [6.45, 7) is 3.53. The molecule has 15 heavy (non-hydrogen) atoms. The van der Waals surface area contributed by atoms with Gasteiger partial charge in [0.25, 0.3) is 0 Å². The van der Waals surface area contributed by atoms with Crippen LogP contribution in [0.5, 0.6) is 0 Å². The lowest BCUT2D eigenvalue weighted by molar-refractivity contribution is 0.791. The van der Waals surface area contributed by atoms with Gasteiger partial charge in [0.05, 0.1) is 10.9 Å². The van der Waals surface area contributed by atoms with Gasteiger partial charge < -0.3 is 5.32 Å². The van der Waals surface area contributed by atoms with Gasteiger partial charge in [0.2, 0.25) is 5.96 Å². The van der Waals surface area contributed by atoms with E-state index in [1.807, 2.05) is 12.1 Å². The van der Waals surface area contributed by atoms with Crippen LogP contribution in [0.3, 0.4) is 0 Å². The zero-order valence-electron chi connectivity index (χ0n) is 8.59. The number of halogens is 1. The number of nitrogens with two attached hydrogens (primary N) is 1. The van der Waals surface area contributed by atoms with E-state index >= 15 is 0 Å². The van der Waals surface area contributed by atoms with Crippen molar-refractivity contribution in [2.45, 2.75) is 19.9 Å². The second kappa shape index (κ2) is 6.66. The third-order valence-corrected chi connectivity index (χ3v) is 2.92. The Morgan fingerprint density at radius 2 is 2.40 bits per heavy atom. The van der Waals surface area contributed by atoms with E-state index < -0.39 is 0 Å². The zero-order valence-corrected chi connectivity index (χ0v) is 10.2. The molecule has 1 aromatic rings. The molecule has 1 aromatic heterocycles. The van der Waals surface area contributed by atoms with E-state index in [-0.39, 0.29) is 0 Å². The van der Waals surface area contributed by atoms with Crippen molar-refractivity contribution < 1.29 is 0 Å². The van der Waals surface area contributed by atoms with Gasteiger partial charge in [-0.05, 0) is 18.6 Å². The molecule has 1 heterocycles. The second-order valence-electron chi connectivity index (χ2n) is 2.94. The smallest absolute Gasteiger partial charge is 0.206 e. The largest absolute Gasteiger partial charge is 0.355 e. The quantitative estimate of drug-likeness (QED) is 0.328. The predicted octanol–water partition coefficient (Wildman–Crippen LogP) is 1.72. The second-order valence-corrected chi connectivity index (χ2v) is 4.74. The summed E-state index contributed by atoms with van der Waals surface area (Å²) in [6, 6.07) is 3.83. The maximum absolute atomic E-state index is 5.81. The Morgan fingerprint density at radius 1 is 1.60 bits per heavy atom. The molecule has 0 saturated carbocycles. The molecular weight excluding hydrogens is 232 g/mol. The Hall–Kier alpha value is -0.780. The minimum Gasteiger partial charge on any atom is -0.355 e. The topological polar surface area (TPSA) is 62.4 Å². The molecule has 0 unspecified atom stereocenters. The normalized spacial score (nSPS) is 11.5. The Balaban J connectivity index is 2.46. The number of hydrazine groups is 1. The van der Waals surface area contributed by atoms with Crippen molar-refractivity contribution in [1.29, 1.82) is 0 Å². The molecule has 0 amide bonds. The van der Waals surface area contributed by atoms with Crippen molar-refractivity contribution in [2.24, 2.45) is 10.8 Å². The van der Waals surface area contributed by atoms with Gasteiger partial charge in [-0.15, -0.1) is 11.3 Å². The highest BCUT2D eigenvalue weighted by Gasteiger charge is 1.98. The summed E-state index contributed by atoms with van der Waals surface area (Å²) in [6.07, 6.45) is 1.03. The molecular formula is C9H15ClN4S. The molecule has 0 aliphatic carbocycles. The molecule has 0 fully saturated rings. The van der Waals surface area contributed by atoms with Crippen LogP contribution < -0.4 is 16.6 Å². The predicted molar refractivity (Wildman–Crippen MR) is 66.1 cm³/mol. The van der Waals surface area contributed by atoms with E-state index in [1.165, 1.54) is 11.3 Å². The van der Waals surface area contributed by atoms with Gasteiger partial charge in [0.1, 0.15) is 0 Å². The molecule has 0 bridgehead atoms. The van der Waals surface area contributed by atoms with E-state index in [4.69, 9.17) is 17.4 Å². The van der Waals surface area contributed by atoms with Gasteiger partial charge in [0.15, 0.2) is 0 Å². The van der Waals surface area contributed by atoms with Crippen LogP contribution in [-0.2, 0) is 6.54 Å². The Labute approximate surface area is 98.5 Å². The van der Waals surface area contributed by atoms with Crippen LogP contribution in [0.4, 0.5) is 0 Å². The highest BCUT2D eigenvalue weighted by atomic mass is 35.5. The molecule has 0 atom stereocenters. The fraction of sp³-hybridized carbons (Fsp3) is 0.444. The molecule has 4 N–H and O–H groups in total. The van der Waals surface area contributed by atoms with Gasteiger partial charge in [-0.25, -0.2) is 10.8 Å². The van der Waals surface area contributed by atoms with Crippen LogP contribution in [-0.4, -0.2) is 12.5 Å². The summed E-state index contributed by atoms with van der Waals surface area (Å²) in [7, 11) is 0. The monoisotopic (exact) mass is 246 g/mol. The first-order chi connectivity index (χ1) is 7.26. The number of nitrogens with zero attached hydrogens (tertiary/aromatic N) is 1. The van der Waals surface area contributed by atoms with Crippen molar-refractivity contribution in [3.8, 4) is 0 Å². The minimum absolute atomic E-state index is 0.591. The lowest BCUT2D eigenvalue weighted by Gasteiger charge is -2.06. The Bertz CT molecular complexity index is 324. The Morgan fingerprint density at radius 3 is 2.93 bits per heavy atom. The number of hydrogen-bond acceptors (Lipinski definition) is 3. The molecule has 6 heteroatoms. The van der Waals surface area contributed by atoms with Crippen LogP contribution in [0.15, 0.2) is 17.1 Å². The molecule has 4 nitrogen and oxygen atoms in total. The standard InChI is InChI=1S/C9H15ClN4S/c1-2-5-12-9(14-11)13-6-7-3-4-8(10)15-7/h3-4H,2,5-6,11H2,1H3,(H2,12,13,14). The van der Waals surface area contributed by atoms with Gasteiger partial charge in [0, 0.05) is 11.4 Å². The van der Waals surface area contributed by atoms with Crippen molar-refractivity contribution in [2.75, 3.05) is 6.54 Å². The zero-order chi connectivity index (χ0) is 11.1. The first-order valence-corrected chi connectivity index (χ1v) is 5.95. The third kappa shape index (κ3) is 4.51. The fourth-order valence-electron chi connectivity index (χ4n) is 0.990. The number of nitrogens with one attached hydrogen (secondary N) is 2. The molecule has 0 saturated heterocycles. The van der Waals surface area contributed by atoms with E-state index in [2.05, 4.69) is 22.7 Å². The molecule has 84 valence electrons. The highest BCUT2D eigenvalue weighted by molar-refractivity contribution is 7.16. The van der Waals surface area contributed by atoms with E-state index in [0.717, 1.165) is 22.2 Å².